The third kappa shape index (κ3) is 4.45. The first-order chi connectivity index (χ1) is 13.5. The average molecular weight is 399 g/mol. The van der Waals surface area contributed by atoms with Crippen LogP contribution in [0.15, 0.2) is 41.8 Å². The zero-order valence-corrected chi connectivity index (χ0v) is 17.2. The molecule has 148 valence electrons. The van der Waals surface area contributed by atoms with Gasteiger partial charge in [-0.2, -0.15) is 0 Å². The van der Waals surface area contributed by atoms with Gasteiger partial charge in [0.05, 0.1) is 16.8 Å². The minimum atomic E-state index is -0.307. The van der Waals surface area contributed by atoms with E-state index in [1.54, 1.807) is 23.5 Å². The molecule has 6 heteroatoms. The van der Waals surface area contributed by atoms with E-state index in [1.165, 1.54) is 0 Å². The third-order valence-electron chi connectivity index (χ3n) is 5.43. The third-order valence-corrected chi connectivity index (χ3v) is 6.22. The normalized spacial score (nSPS) is 27.1. The van der Waals surface area contributed by atoms with Crippen molar-refractivity contribution < 1.29 is 14.3 Å². The van der Waals surface area contributed by atoms with Crippen LogP contribution >= 0.6 is 11.3 Å². The summed E-state index contributed by atoms with van der Waals surface area (Å²) in [6, 6.07) is 9.84. The number of aryl methyl sites for hydroxylation is 1. The average Bonchev–Trinajstić information content (AvgIpc) is 3.27. The fourth-order valence-corrected chi connectivity index (χ4v) is 4.68. The lowest BCUT2D eigenvalue weighted by Gasteiger charge is -2.33. The van der Waals surface area contributed by atoms with Gasteiger partial charge >= 0.3 is 0 Å². The van der Waals surface area contributed by atoms with E-state index in [-0.39, 0.29) is 17.6 Å². The van der Waals surface area contributed by atoms with E-state index in [0.29, 0.717) is 12.5 Å². The topological polar surface area (TPSA) is 51.7 Å². The zero-order chi connectivity index (χ0) is 19.6. The number of benzene rings is 1. The Morgan fingerprint density at radius 1 is 1.43 bits per heavy atom. The van der Waals surface area contributed by atoms with Crippen molar-refractivity contribution in [2.24, 2.45) is 5.92 Å². The summed E-state index contributed by atoms with van der Waals surface area (Å²) in [5.74, 6) is 1.27. The highest BCUT2D eigenvalue weighted by atomic mass is 32.1. The summed E-state index contributed by atoms with van der Waals surface area (Å²) in [7, 11) is 0. The molecule has 2 aromatic rings. The smallest absolute Gasteiger partial charge is 0.246 e. The number of piperidine rings is 1. The van der Waals surface area contributed by atoms with Crippen molar-refractivity contribution >= 4 is 23.3 Å². The number of ether oxygens (including phenoxy) is 2. The van der Waals surface area contributed by atoms with Gasteiger partial charge in [-0.15, -0.1) is 11.3 Å². The molecule has 0 saturated carbocycles. The maximum atomic E-state index is 12.6. The summed E-state index contributed by atoms with van der Waals surface area (Å²) >= 11 is 1.59. The van der Waals surface area contributed by atoms with Crippen molar-refractivity contribution in [2.45, 2.75) is 38.4 Å². The van der Waals surface area contributed by atoms with Crippen molar-refractivity contribution in [2.75, 3.05) is 19.7 Å². The van der Waals surface area contributed by atoms with Crippen molar-refractivity contribution in [3.05, 3.63) is 52.5 Å². The highest BCUT2D eigenvalue weighted by molar-refractivity contribution is 7.09. The Morgan fingerprint density at radius 3 is 3.00 bits per heavy atom. The Morgan fingerprint density at radius 2 is 2.25 bits per heavy atom. The molecule has 5 nitrogen and oxygen atoms in total. The second-order valence-corrected chi connectivity index (χ2v) is 8.93. The van der Waals surface area contributed by atoms with E-state index in [4.69, 9.17) is 9.47 Å². The lowest BCUT2D eigenvalue weighted by atomic mass is 9.89. The molecule has 2 aliphatic rings. The molecule has 2 fully saturated rings. The zero-order valence-electron chi connectivity index (χ0n) is 16.3. The van der Waals surface area contributed by atoms with Crippen LogP contribution in [0.5, 0.6) is 5.75 Å². The number of hydrogen-bond acceptors (Lipinski definition) is 5. The van der Waals surface area contributed by atoms with Gasteiger partial charge in [-0.05, 0) is 44.9 Å². The summed E-state index contributed by atoms with van der Waals surface area (Å²) < 4.78 is 12.3. The molecule has 3 heterocycles. The van der Waals surface area contributed by atoms with Crippen LogP contribution in [0, 0.1) is 12.8 Å². The molecule has 0 radical (unpaired) electrons. The van der Waals surface area contributed by atoms with Crippen molar-refractivity contribution in [3.63, 3.8) is 0 Å². The van der Waals surface area contributed by atoms with Gasteiger partial charge in [-0.1, -0.05) is 18.2 Å². The van der Waals surface area contributed by atoms with Gasteiger partial charge in [-0.25, -0.2) is 4.98 Å². The number of carbonyl (C=O) groups is 1. The first-order valence-corrected chi connectivity index (χ1v) is 10.6. The predicted molar refractivity (Wildman–Crippen MR) is 110 cm³/mol. The number of fused-ring (bicyclic) bond motifs is 1. The van der Waals surface area contributed by atoms with Gasteiger partial charge in [0, 0.05) is 30.5 Å². The quantitative estimate of drug-likeness (QED) is 0.716. The van der Waals surface area contributed by atoms with Crippen LogP contribution in [0.1, 0.15) is 30.5 Å². The Hall–Kier alpha value is -2.18. The number of para-hydroxylation sites is 1. The van der Waals surface area contributed by atoms with Crippen molar-refractivity contribution in [3.8, 4) is 5.75 Å². The Bertz CT molecular complexity index is 850. The fourth-order valence-electron chi connectivity index (χ4n) is 4.09. The Kier molecular flexibility index (Phi) is 5.51. The Labute approximate surface area is 170 Å². The molecule has 0 aliphatic carbocycles. The summed E-state index contributed by atoms with van der Waals surface area (Å²) in [6.07, 6.45) is 5.44. The highest BCUT2D eigenvalue weighted by Crippen LogP contribution is 2.39. The Balaban J connectivity index is 1.32. The molecule has 1 amide bonds. The number of hydrogen-bond donors (Lipinski definition) is 0. The molecule has 0 spiro atoms. The largest absolute Gasteiger partial charge is 0.491 e. The van der Waals surface area contributed by atoms with Gasteiger partial charge in [0.1, 0.15) is 18.0 Å². The van der Waals surface area contributed by atoms with Crippen LogP contribution in [-0.4, -0.2) is 47.2 Å². The lowest BCUT2D eigenvalue weighted by Crippen LogP contribution is -2.43. The maximum Gasteiger partial charge on any atom is 0.246 e. The van der Waals surface area contributed by atoms with Crippen LogP contribution in [0.2, 0.25) is 0 Å². The summed E-state index contributed by atoms with van der Waals surface area (Å²) in [5.41, 5.74) is 0.540. The number of carbonyl (C=O) groups excluding carboxylic acids is 1. The standard InChI is InChI=1S/C22H26N2O3S/c1-16-23-18(14-28-16)8-9-21(25)24-11-10-20-17(13-24)12-22(2,27-20)15-26-19-6-4-3-5-7-19/h3-9,14,17,20H,10-13,15H2,1-2H3/b9-8+/t17-,20+,22-/m1/s1. The molecule has 2 aliphatic heterocycles. The van der Waals surface area contributed by atoms with Crippen LogP contribution in [0.25, 0.3) is 6.08 Å². The SMILES string of the molecule is Cc1nc(/C=C/C(=O)N2CC[C@@H]3O[C@@](C)(COc4ccccc4)C[C@@H]3C2)cs1. The van der Waals surface area contributed by atoms with Crippen molar-refractivity contribution in [1.82, 2.24) is 9.88 Å². The van der Waals surface area contributed by atoms with Crippen LogP contribution in [0.3, 0.4) is 0 Å². The monoisotopic (exact) mass is 398 g/mol. The first kappa shape index (κ1) is 19.2. The molecule has 3 atom stereocenters. The molecule has 1 aromatic heterocycles. The number of likely N-dealkylation sites (tertiary alicyclic amines) is 1. The molecule has 0 unspecified atom stereocenters. The van der Waals surface area contributed by atoms with E-state index in [1.807, 2.05) is 47.5 Å². The van der Waals surface area contributed by atoms with Gasteiger partial charge in [0.15, 0.2) is 0 Å². The number of aromatic nitrogens is 1. The highest BCUT2D eigenvalue weighted by Gasteiger charge is 2.46. The molecule has 1 aromatic carbocycles. The predicted octanol–water partition coefficient (Wildman–Crippen LogP) is 3.94. The summed E-state index contributed by atoms with van der Waals surface area (Å²) in [6.45, 7) is 6.08. The van der Waals surface area contributed by atoms with E-state index < -0.39 is 0 Å². The van der Waals surface area contributed by atoms with Gasteiger partial charge in [-0.3, -0.25) is 4.79 Å². The second-order valence-electron chi connectivity index (χ2n) is 7.87. The van der Waals surface area contributed by atoms with Gasteiger partial charge in [0.25, 0.3) is 0 Å². The van der Waals surface area contributed by atoms with Gasteiger partial charge < -0.3 is 14.4 Å². The number of amides is 1. The van der Waals surface area contributed by atoms with E-state index in [9.17, 15) is 4.79 Å². The molecule has 0 bridgehead atoms. The first-order valence-electron chi connectivity index (χ1n) is 9.76. The lowest BCUT2D eigenvalue weighted by molar-refractivity contribution is -0.129. The maximum absolute atomic E-state index is 12.6. The summed E-state index contributed by atoms with van der Waals surface area (Å²) in [4.78, 5) is 18.9. The molecule has 2 saturated heterocycles. The summed E-state index contributed by atoms with van der Waals surface area (Å²) in [5, 5.41) is 2.97. The van der Waals surface area contributed by atoms with Crippen molar-refractivity contribution in [1.29, 1.82) is 0 Å². The minimum absolute atomic E-state index is 0.0539. The van der Waals surface area contributed by atoms with E-state index in [2.05, 4.69) is 11.9 Å². The molecular weight excluding hydrogens is 372 g/mol. The second kappa shape index (κ2) is 8.05. The van der Waals surface area contributed by atoms with Gasteiger partial charge in [0.2, 0.25) is 5.91 Å². The molecular formula is C22H26N2O3S. The minimum Gasteiger partial charge on any atom is -0.491 e. The van der Waals surface area contributed by atoms with Crippen LogP contribution in [-0.2, 0) is 9.53 Å². The number of thiazole rings is 1. The van der Waals surface area contributed by atoms with E-state index in [0.717, 1.165) is 42.4 Å². The number of rotatable bonds is 5. The van der Waals surface area contributed by atoms with Crippen LogP contribution < -0.4 is 4.74 Å². The molecule has 0 N–H and O–H groups in total. The molecule has 28 heavy (non-hydrogen) atoms. The molecule has 4 rings (SSSR count). The fraction of sp³-hybridized carbons (Fsp3) is 0.455. The van der Waals surface area contributed by atoms with E-state index >= 15 is 0 Å². The number of nitrogens with zero attached hydrogens (tertiary/aromatic N) is 2. The van der Waals surface area contributed by atoms with Crippen LogP contribution in [0.4, 0.5) is 0 Å².